The van der Waals surface area contributed by atoms with Crippen molar-refractivity contribution in [1.82, 2.24) is 15.1 Å². The summed E-state index contributed by atoms with van der Waals surface area (Å²) < 4.78 is 0. The summed E-state index contributed by atoms with van der Waals surface area (Å²) in [6, 6.07) is 8.89. The molecule has 1 unspecified atom stereocenters. The highest BCUT2D eigenvalue weighted by atomic mass is 16.2. The third-order valence-electron chi connectivity index (χ3n) is 5.13. The Morgan fingerprint density at radius 3 is 2.71 bits per heavy atom. The summed E-state index contributed by atoms with van der Waals surface area (Å²) in [7, 11) is 0. The number of hydrogen-bond donors (Lipinski definition) is 1. The second kappa shape index (κ2) is 6.23. The van der Waals surface area contributed by atoms with E-state index in [2.05, 4.69) is 10.2 Å². The molecule has 2 aliphatic rings. The normalized spacial score (nSPS) is 20.0. The maximum atomic E-state index is 13.0. The molecule has 0 radical (unpaired) electrons. The van der Waals surface area contributed by atoms with Crippen LogP contribution in [0.25, 0.3) is 0 Å². The van der Waals surface area contributed by atoms with Crippen LogP contribution >= 0.6 is 0 Å². The van der Waals surface area contributed by atoms with Crippen molar-refractivity contribution < 1.29 is 9.59 Å². The van der Waals surface area contributed by atoms with E-state index in [1.807, 2.05) is 30.3 Å². The molecule has 4 rings (SSSR count). The van der Waals surface area contributed by atoms with E-state index in [0.717, 1.165) is 49.8 Å². The number of aromatic nitrogens is 2. The molecular weight excluding hydrogens is 302 g/mol. The van der Waals surface area contributed by atoms with Gasteiger partial charge in [-0.05, 0) is 38.5 Å². The van der Waals surface area contributed by atoms with Gasteiger partial charge in [0.1, 0.15) is 0 Å². The van der Waals surface area contributed by atoms with Crippen molar-refractivity contribution in [1.29, 1.82) is 0 Å². The molecule has 1 atom stereocenters. The van der Waals surface area contributed by atoms with Crippen LogP contribution in [0, 0.1) is 0 Å². The Kier molecular flexibility index (Phi) is 3.92. The fraction of sp³-hybridized carbons (Fsp3) is 0.421. The predicted molar refractivity (Wildman–Crippen MR) is 90.1 cm³/mol. The zero-order valence-corrected chi connectivity index (χ0v) is 13.6. The first-order chi connectivity index (χ1) is 11.8. The smallest absolute Gasteiger partial charge is 0.275 e. The fourth-order valence-electron chi connectivity index (χ4n) is 3.87. The predicted octanol–water partition coefficient (Wildman–Crippen LogP) is 2.78. The maximum Gasteiger partial charge on any atom is 0.275 e. The molecule has 1 aromatic carbocycles. The van der Waals surface area contributed by atoms with Crippen molar-refractivity contribution in [2.75, 3.05) is 6.54 Å². The number of rotatable bonds is 3. The van der Waals surface area contributed by atoms with E-state index in [1.165, 1.54) is 0 Å². The van der Waals surface area contributed by atoms with Crippen LogP contribution < -0.4 is 0 Å². The van der Waals surface area contributed by atoms with Crippen LogP contribution in [0.5, 0.6) is 0 Å². The molecule has 1 aliphatic heterocycles. The van der Waals surface area contributed by atoms with Crippen LogP contribution in [0.2, 0.25) is 0 Å². The Hall–Kier alpha value is -2.43. The molecule has 5 nitrogen and oxygen atoms in total. The largest absolute Gasteiger partial charge is 0.327 e. The minimum atomic E-state index is -0.365. The minimum absolute atomic E-state index is 0.0332. The number of aromatic amines is 1. The van der Waals surface area contributed by atoms with E-state index >= 15 is 0 Å². The van der Waals surface area contributed by atoms with Gasteiger partial charge >= 0.3 is 0 Å². The lowest BCUT2D eigenvalue weighted by Gasteiger charge is -2.23. The van der Waals surface area contributed by atoms with Crippen molar-refractivity contribution in [2.45, 2.75) is 44.6 Å². The summed E-state index contributed by atoms with van der Waals surface area (Å²) in [5.41, 5.74) is 3.35. The van der Waals surface area contributed by atoms with Gasteiger partial charge in [-0.1, -0.05) is 30.3 Å². The number of carbonyl (C=O) groups excluding carboxylic acids is 2. The lowest BCUT2D eigenvalue weighted by molar-refractivity contribution is 0.0666. The Balaban J connectivity index is 1.60. The summed E-state index contributed by atoms with van der Waals surface area (Å²) >= 11 is 0. The summed E-state index contributed by atoms with van der Waals surface area (Å²) in [6.45, 7) is 0.629. The molecule has 2 aromatic rings. The van der Waals surface area contributed by atoms with E-state index < -0.39 is 0 Å². The van der Waals surface area contributed by atoms with E-state index in [9.17, 15) is 9.59 Å². The van der Waals surface area contributed by atoms with Crippen molar-refractivity contribution >= 4 is 11.7 Å². The molecule has 1 amide bonds. The first-order valence-electron chi connectivity index (χ1n) is 8.72. The summed E-state index contributed by atoms with van der Waals surface area (Å²) in [5.74, 6) is -0.0629. The lowest BCUT2D eigenvalue weighted by Crippen LogP contribution is -2.41. The van der Waals surface area contributed by atoms with Gasteiger partial charge in [0, 0.05) is 23.4 Å². The molecular formula is C19H21N3O2. The Morgan fingerprint density at radius 1 is 1.08 bits per heavy atom. The van der Waals surface area contributed by atoms with Gasteiger partial charge in [0.2, 0.25) is 0 Å². The highest BCUT2D eigenvalue weighted by molar-refractivity contribution is 6.04. The highest BCUT2D eigenvalue weighted by Crippen LogP contribution is 2.27. The number of benzene rings is 1. The standard InChI is InChI=1S/C19H21N3O2/c23-18(13-7-2-1-3-8-13)16-11-6-12-22(16)19(24)17-14-9-4-5-10-15(14)20-21-17/h1-3,7-8,16H,4-6,9-12H2,(H,20,21). The van der Waals surface area contributed by atoms with Crippen LogP contribution in [0.3, 0.4) is 0 Å². The number of carbonyl (C=O) groups is 2. The van der Waals surface area contributed by atoms with Gasteiger partial charge in [0.15, 0.2) is 11.5 Å². The number of H-pyrrole nitrogens is 1. The van der Waals surface area contributed by atoms with Gasteiger partial charge < -0.3 is 4.90 Å². The van der Waals surface area contributed by atoms with Crippen LogP contribution in [-0.4, -0.2) is 39.4 Å². The average molecular weight is 323 g/mol. The molecule has 0 bridgehead atoms. The molecule has 124 valence electrons. The van der Waals surface area contributed by atoms with Gasteiger partial charge in [-0.3, -0.25) is 14.7 Å². The molecule has 2 heterocycles. The molecule has 5 heteroatoms. The summed E-state index contributed by atoms with van der Waals surface area (Å²) in [6.07, 6.45) is 5.69. The first kappa shape index (κ1) is 15.1. The maximum absolute atomic E-state index is 13.0. The Morgan fingerprint density at radius 2 is 1.88 bits per heavy atom. The topological polar surface area (TPSA) is 66.1 Å². The third-order valence-corrected chi connectivity index (χ3v) is 5.13. The SMILES string of the molecule is O=C(c1ccccc1)C1CCCN1C(=O)c1n[nH]c2c1CCCC2. The van der Waals surface area contributed by atoms with Crippen LogP contribution in [0.15, 0.2) is 30.3 Å². The van der Waals surface area contributed by atoms with Crippen molar-refractivity contribution in [3.63, 3.8) is 0 Å². The molecule has 0 saturated carbocycles. The zero-order valence-electron chi connectivity index (χ0n) is 13.6. The number of ketones is 1. The summed E-state index contributed by atoms with van der Waals surface area (Å²) in [4.78, 5) is 27.5. The Bertz CT molecular complexity index is 766. The van der Waals surface area contributed by atoms with E-state index in [0.29, 0.717) is 17.8 Å². The minimum Gasteiger partial charge on any atom is -0.327 e. The van der Waals surface area contributed by atoms with Gasteiger partial charge in [-0.25, -0.2) is 0 Å². The number of nitrogens with one attached hydrogen (secondary N) is 1. The van der Waals surface area contributed by atoms with Crippen molar-refractivity contribution in [3.8, 4) is 0 Å². The average Bonchev–Trinajstić information content (AvgIpc) is 3.28. The van der Waals surface area contributed by atoms with Gasteiger partial charge in [-0.15, -0.1) is 0 Å². The quantitative estimate of drug-likeness (QED) is 0.883. The summed E-state index contributed by atoms with van der Waals surface area (Å²) in [5, 5.41) is 7.31. The Labute approximate surface area is 141 Å². The molecule has 24 heavy (non-hydrogen) atoms. The van der Waals surface area contributed by atoms with E-state index in [1.54, 1.807) is 4.90 Å². The molecule has 1 fully saturated rings. The first-order valence-corrected chi connectivity index (χ1v) is 8.72. The van der Waals surface area contributed by atoms with Gasteiger partial charge in [0.05, 0.1) is 6.04 Å². The molecule has 1 aromatic heterocycles. The molecule has 1 aliphatic carbocycles. The van der Waals surface area contributed by atoms with Crippen LogP contribution in [0.4, 0.5) is 0 Å². The molecule has 0 spiro atoms. The number of aryl methyl sites for hydroxylation is 1. The highest BCUT2D eigenvalue weighted by Gasteiger charge is 2.37. The zero-order chi connectivity index (χ0) is 16.5. The lowest BCUT2D eigenvalue weighted by atomic mass is 9.95. The number of fused-ring (bicyclic) bond motifs is 1. The second-order valence-corrected chi connectivity index (χ2v) is 6.62. The van der Waals surface area contributed by atoms with Crippen LogP contribution in [0.1, 0.15) is 57.8 Å². The van der Waals surface area contributed by atoms with Crippen LogP contribution in [-0.2, 0) is 12.8 Å². The van der Waals surface area contributed by atoms with Crippen molar-refractivity contribution in [2.24, 2.45) is 0 Å². The molecule has 1 saturated heterocycles. The van der Waals surface area contributed by atoms with E-state index in [4.69, 9.17) is 0 Å². The third kappa shape index (κ3) is 2.54. The monoisotopic (exact) mass is 323 g/mol. The number of hydrogen-bond acceptors (Lipinski definition) is 3. The van der Waals surface area contributed by atoms with E-state index in [-0.39, 0.29) is 17.7 Å². The molecule has 1 N–H and O–H groups in total. The number of nitrogens with zero attached hydrogens (tertiary/aromatic N) is 2. The second-order valence-electron chi connectivity index (χ2n) is 6.62. The van der Waals surface area contributed by atoms with Gasteiger partial charge in [-0.2, -0.15) is 5.10 Å². The number of amides is 1. The van der Waals surface area contributed by atoms with Gasteiger partial charge in [0.25, 0.3) is 5.91 Å². The number of Topliss-reactive ketones (excluding diaryl/α,β-unsaturated/α-hetero) is 1. The van der Waals surface area contributed by atoms with Crippen molar-refractivity contribution in [3.05, 3.63) is 52.8 Å². The fourth-order valence-corrected chi connectivity index (χ4v) is 3.87. The number of likely N-dealkylation sites (tertiary alicyclic amines) is 1.